The van der Waals surface area contributed by atoms with Gasteiger partial charge in [0.1, 0.15) is 11.5 Å². The van der Waals surface area contributed by atoms with Crippen molar-refractivity contribution in [3.8, 4) is 11.5 Å². The second-order valence-electron chi connectivity index (χ2n) is 16.4. The van der Waals surface area contributed by atoms with E-state index in [1.54, 1.807) is 11.6 Å². The molecule has 1 aromatic carbocycles. The van der Waals surface area contributed by atoms with E-state index in [0.29, 0.717) is 17.4 Å². The molecule has 1 rings (SSSR count). The van der Waals surface area contributed by atoms with E-state index in [9.17, 15) is 10.2 Å². The van der Waals surface area contributed by atoms with Crippen LogP contribution in [0.5, 0.6) is 11.5 Å². The average molecular weight is 627 g/mol. The summed E-state index contributed by atoms with van der Waals surface area (Å²) in [6, 6.07) is 1.76. The molecular weight excluding hydrogens is 548 g/mol. The Bertz CT molecular complexity index is 928. The van der Waals surface area contributed by atoms with Crippen LogP contribution >= 0.6 is 0 Å². The number of rotatable bonds is 26. The Kier molecular flexibility index (Phi) is 22.0. The van der Waals surface area contributed by atoms with Crippen molar-refractivity contribution in [3.05, 3.63) is 34.4 Å². The van der Waals surface area contributed by atoms with Crippen LogP contribution < -0.4 is 0 Å². The van der Waals surface area contributed by atoms with Crippen LogP contribution in [0.15, 0.2) is 17.7 Å². The summed E-state index contributed by atoms with van der Waals surface area (Å²) in [7, 11) is 0. The molecule has 262 valence electrons. The number of phenolic OH excluding ortho intramolecular Hbond substituents is 2. The van der Waals surface area contributed by atoms with E-state index in [2.05, 4.69) is 61.5 Å². The fourth-order valence-electron chi connectivity index (χ4n) is 7.03. The summed E-state index contributed by atoms with van der Waals surface area (Å²) in [5.41, 5.74) is 4.10. The summed E-state index contributed by atoms with van der Waals surface area (Å²) in [5, 5.41) is 20.6. The third-order valence-electron chi connectivity index (χ3n) is 10.9. The second kappa shape index (κ2) is 23.8. The van der Waals surface area contributed by atoms with Crippen molar-refractivity contribution in [1.82, 2.24) is 0 Å². The largest absolute Gasteiger partial charge is 0.508 e. The Hall–Kier alpha value is -1.44. The fraction of sp³-hybridized carbons (Fsp3) is 0.814. The number of aromatic hydroxyl groups is 2. The van der Waals surface area contributed by atoms with Gasteiger partial charge in [-0.1, -0.05) is 144 Å². The Morgan fingerprint density at radius 3 is 1.49 bits per heavy atom. The number of hydrogen-bond acceptors (Lipinski definition) is 2. The lowest BCUT2D eigenvalue weighted by Gasteiger charge is -2.17. The van der Waals surface area contributed by atoms with Gasteiger partial charge >= 0.3 is 0 Å². The molecule has 0 saturated heterocycles. The Morgan fingerprint density at radius 2 is 1.00 bits per heavy atom. The molecule has 4 unspecified atom stereocenters. The molecule has 2 heteroatoms. The van der Waals surface area contributed by atoms with Crippen molar-refractivity contribution in [1.29, 1.82) is 0 Å². The molecule has 0 aliphatic rings. The van der Waals surface area contributed by atoms with Gasteiger partial charge < -0.3 is 10.2 Å². The summed E-state index contributed by atoms with van der Waals surface area (Å²) in [4.78, 5) is 0. The first kappa shape index (κ1) is 41.6. The van der Waals surface area contributed by atoms with Crippen LogP contribution in [0.3, 0.4) is 0 Å². The maximum absolute atomic E-state index is 10.5. The predicted molar refractivity (Wildman–Crippen MR) is 200 cm³/mol. The molecule has 5 atom stereocenters. The summed E-state index contributed by atoms with van der Waals surface area (Å²) >= 11 is 0. The van der Waals surface area contributed by atoms with Gasteiger partial charge in [-0.2, -0.15) is 0 Å². The number of phenols is 2. The maximum atomic E-state index is 10.5. The Labute approximate surface area is 282 Å². The van der Waals surface area contributed by atoms with Crippen molar-refractivity contribution in [2.24, 2.45) is 35.5 Å². The SMILES string of the molecule is C/C(=C/CCC(C)CCCC(C)CCCC(C)CCC[C@H](C)CCc1cc(O)c(C)c(C)c1O)CCCC(C)CCCC(C)C. The maximum Gasteiger partial charge on any atom is 0.122 e. The molecular formula is C43H78O2. The van der Waals surface area contributed by atoms with Gasteiger partial charge in [-0.3, -0.25) is 0 Å². The van der Waals surface area contributed by atoms with Crippen molar-refractivity contribution in [3.63, 3.8) is 0 Å². The van der Waals surface area contributed by atoms with Crippen molar-refractivity contribution < 1.29 is 10.2 Å². The van der Waals surface area contributed by atoms with Gasteiger partial charge in [0.2, 0.25) is 0 Å². The molecule has 0 aliphatic heterocycles. The summed E-state index contributed by atoms with van der Waals surface area (Å²) < 4.78 is 0. The second-order valence-corrected chi connectivity index (χ2v) is 16.4. The predicted octanol–water partition coefficient (Wildman–Crippen LogP) is 14.1. The molecule has 2 nitrogen and oxygen atoms in total. The molecule has 0 aliphatic carbocycles. The lowest BCUT2D eigenvalue weighted by Crippen LogP contribution is -2.03. The van der Waals surface area contributed by atoms with Crippen LogP contribution in [0.25, 0.3) is 0 Å². The smallest absolute Gasteiger partial charge is 0.122 e. The van der Waals surface area contributed by atoms with Crippen LogP contribution in [-0.2, 0) is 6.42 Å². The van der Waals surface area contributed by atoms with E-state index in [1.807, 2.05) is 13.8 Å². The van der Waals surface area contributed by atoms with E-state index < -0.39 is 0 Å². The van der Waals surface area contributed by atoms with Crippen molar-refractivity contribution >= 4 is 0 Å². The van der Waals surface area contributed by atoms with Gasteiger partial charge in [0.05, 0.1) is 0 Å². The molecule has 0 radical (unpaired) electrons. The van der Waals surface area contributed by atoms with Gasteiger partial charge in [0, 0.05) is 0 Å². The van der Waals surface area contributed by atoms with Crippen LogP contribution in [0.4, 0.5) is 0 Å². The Morgan fingerprint density at radius 1 is 0.578 bits per heavy atom. The first-order chi connectivity index (χ1) is 21.3. The molecule has 0 saturated carbocycles. The molecule has 0 spiro atoms. The standard InChI is InChI=1S/C43H78O2/c1-32(2)17-11-18-33(3)19-12-20-34(4)21-13-22-35(5)23-14-24-36(6)25-15-26-37(7)27-16-28-38(8)29-30-41-31-42(44)39(9)40(10)43(41)45/h21,31-33,35-38,44-45H,11-20,22-30H2,1-10H3/b34-21-/t33?,35?,36?,37?,38-/m0/s1. The van der Waals surface area contributed by atoms with Gasteiger partial charge in [-0.25, -0.2) is 0 Å². The molecule has 0 fully saturated rings. The van der Waals surface area contributed by atoms with Crippen LogP contribution in [-0.4, -0.2) is 10.2 Å². The van der Waals surface area contributed by atoms with Gasteiger partial charge in [-0.05, 0) is 118 Å². The van der Waals surface area contributed by atoms with Gasteiger partial charge in [0.25, 0.3) is 0 Å². The highest BCUT2D eigenvalue weighted by atomic mass is 16.3. The minimum atomic E-state index is 0.304. The highest BCUT2D eigenvalue weighted by Crippen LogP contribution is 2.33. The first-order valence-corrected chi connectivity index (χ1v) is 19.5. The van der Waals surface area contributed by atoms with Crippen molar-refractivity contribution in [2.45, 2.75) is 191 Å². The van der Waals surface area contributed by atoms with E-state index >= 15 is 0 Å². The minimum absolute atomic E-state index is 0.304. The molecule has 1 aromatic rings. The zero-order valence-electron chi connectivity index (χ0n) is 31.9. The first-order valence-electron chi connectivity index (χ1n) is 19.5. The zero-order valence-corrected chi connectivity index (χ0v) is 31.9. The molecule has 0 bridgehead atoms. The zero-order chi connectivity index (χ0) is 33.8. The quantitative estimate of drug-likeness (QED) is 0.0793. The van der Waals surface area contributed by atoms with E-state index in [4.69, 9.17) is 0 Å². The number of aryl methyl sites for hydroxylation is 1. The summed E-state index contributed by atoms with van der Waals surface area (Å²) in [6.45, 7) is 23.0. The highest BCUT2D eigenvalue weighted by molar-refractivity contribution is 5.51. The monoisotopic (exact) mass is 627 g/mol. The lowest BCUT2D eigenvalue weighted by molar-refractivity contribution is 0.369. The average Bonchev–Trinajstić information content (AvgIpc) is 2.97. The van der Waals surface area contributed by atoms with Gasteiger partial charge in [0.15, 0.2) is 0 Å². The molecule has 0 aromatic heterocycles. The summed E-state index contributed by atoms with van der Waals surface area (Å²) in [5.74, 6) is 5.59. The number of benzene rings is 1. The molecule has 0 heterocycles. The third kappa shape index (κ3) is 19.7. The number of hydrogen-bond donors (Lipinski definition) is 2. The third-order valence-corrected chi connectivity index (χ3v) is 10.9. The number of allylic oxidation sites excluding steroid dienone is 2. The lowest BCUT2D eigenvalue weighted by atomic mass is 9.89. The summed E-state index contributed by atoms with van der Waals surface area (Å²) in [6.07, 6.45) is 27.5. The highest BCUT2D eigenvalue weighted by Gasteiger charge is 2.13. The molecule has 0 amide bonds. The van der Waals surface area contributed by atoms with E-state index in [0.717, 1.165) is 59.1 Å². The van der Waals surface area contributed by atoms with E-state index in [-0.39, 0.29) is 0 Å². The normalized spacial score (nSPS) is 15.8. The van der Waals surface area contributed by atoms with E-state index in [1.165, 1.54) is 109 Å². The topological polar surface area (TPSA) is 40.5 Å². The van der Waals surface area contributed by atoms with Crippen LogP contribution in [0.2, 0.25) is 0 Å². The minimum Gasteiger partial charge on any atom is -0.508 e. The van der Waals surface area contributed by atoms with Crippen LogP contribution in [0, 0.1) is 49.4 Å². The van der Waals surface area contributed by atoms with Gasteiger partial charge in [-0.15, -0.1) is 0 Å². The Balaban J connectivity index is 2.08. The van der Waals surface area contributed by atoms with Crippen molar-refractivity contribution in [2.75, 3.05) is 0 Å². The molecule has 45 heavy (non-hydrogen) atoms. The fourth-order valence-corrected chi connectivity index (χ4v) is 7.03. The van der Waals surface area contributed by atoms with Crippen LogP contribution in [0.1, 0.15) is 188 Å². The molecule has 2 N–H and O–H groups in total.